The maximum atomic E-state index is 13.0. The first-order chi connectivity index (χ1) is 14.4. The van der Waals surface area contributed by atoms with Gasteiger partial charge in [-0.2, -0.15) is 0 Å². The van der Waals surface area contributed by atoms with Crippen molar-refractivity contribution in [2.45, 2.75) is 19.4 Å². The van der Waals surface area contributed by atoms with Crippen LogP contribution in [0.4, 0.5) is 0 Å². The Kier molecular flexibility index (Phi) is 6.84. The smallest absolute Gasteiger partial charge is 0.295 e. The van der Waals surface area contributed by atoms with Crippen molar-refractivity contribution in [3.8, 4) is 5.75 Å². The molecule has 1 amide bonds. The van der Waals surface area contributed by atoms with E-state index in [0.29, 0.717) is 31.0 Å². The van der Waals surface area contributed by atoms with Gasteiger partial charge in [0.05, 0.1) is 45.4 Å². The molecule has 158 valence electrons. The van der Waals surface area contributed by atoms with Gasteiger partial charge in [0.2, 0.25) is 0 Å². The molecule has 7 heteroatoms. The third-order valence-electron chi connectivity index (χ3n) is 4.99. The summed E-state index contributed by atoms with van der Waals surface area (Å²) in [6.45, 7) is 3.64. The Bertz CT molecular complexity index is 940. The number of Topliss-reactive ketones (excluding diaryl/α,β-unsaturated/α-hetero) is 1. The molecule has 0 spiro atoms. The van der Waals surface area contributed by atoms with Gasteiger partial charge in [-0.3, -0.25) is 14.6 Å². The molecule has 1 aromatic carbocycles. The van der Waals surface area contributed by atoms with Gasteiger partial charge in [0.25, 0.3) is 11.7 Å². The average Bonchev–Trinajstić information content (AvgIpc) is 3.01. The minimum atomic E-state index is -0.678. The molecule has 0 unspecified atom stereocenters. The van der Waals surface area contributed by atoms with E-state index in [4.69, 9.17) is 4.74 Å². The maximum absolute atomic E-state index is 13.0. The summed E-state index contributed by atoms with van der Waals surface area (Å²) in [5.74, 6) is -0.871. The number of aliphatic hydroxyl groups excluding tert-OH is 1. The number of likely N-dealkylation sites (N-methyl/N-ethyl adjacent to an activating group) is 1. The van der Waals surface area contributed by atoms with Crippen molar-refractivity contribution in [3.05, 3.63) is 65.5 Å². The van der Waals surface area contributed by atoms with Crippen LogP contribution >= 0.6 is 0 Å². The molecular weight excluding hydrogens is 382 g/mol. The van der Waals surface area contributed by atoms with E-state index in [9.17, 15) is 14.7 Å². The molecular formula is C23H28N3O4+. The van der Waals surface area contributed by atoms with E-state index >= 15 is 0 Å². The van der Waals surface area contributed by atoms with Crippen LogP contribution in [0.2, 0.25) is 0 Å². The molecule has 1 aliphatic heterocycles. The van der Waals surface area contributed by atoms with Gasteiger partial charge in [0.15, 0.2) is 0 Å². The van der Waals surface area contributed by atoms with E-state index in [1.807, 2.05) is 21.0 Å². The molecule has 2 N–H and O–H groups in total. The molecule has 1 fully saturated rings. The minimum absolute atomic E-state index is 0.0904. The first-order valence-corrected chi connectivity index (χ1v) is 10.1. The Hall–Kier alpha value is -3.19. The van der Waals surface area contributed by atoms with Gasteiger partial charge in [-0.15, -0.1) is 0 Å². The van der Waals surface area contributed by atoms with Crippen molar-refractivity contribution in [2.24, 2.45) is 0 Å². The zero-order valence-electron chi connectivity index (χ0n) is 17.6. The predicted octanol–water partition coefficient (Wildman–Crippen LogP) is 1.44. The van der Waals surface area contributed by atoms with Crippen molar-refractivity contribution < 1.29 is 24.3 Å². The van der Waals surface area contributed by atoms with E-state index in [1.54, 1.807) is 48.8 Å². The summed E-state index contributed by atoms with van der Waals surface area (Å²) < 4.78 is 5.65. The number of likely N-dealkylation sites (tertiary alicyclic amines) is 1. The number of amides is 1. The highest BCUT2D eigenvalue weighted by Crippen LogP contribution is 2.39. The molecule has 1 aliphatic rings. The summed E-state index contributed by atoms with van der Waals surface area (Å²) in [5, 5.41) is 11.1. The van der Waals surface area contributed by atoms with Gasteiger partial charge < -0.3 is 19.6 Å². The number of aromatic nitrogens is 1. The zero-order valence-corrected chi connectivity index (χ0v) is 17.6. The van der Waals surface area contributed by atoms with E-state index in [0.717, 1.165) is 16.9 Å². The topological polar surface area (TPSA) is 84.2 Å². The summed E-state index contributed by atoms with van der Waals surface area (Å²) in [4.78, 5) is 32.5. The quantitative estimate of drug-likeness (QED) is 0.391. The lowest BCUT2D eigenvalue weighted by Gasteiger charge is -2.25. The molecule has 0 bridgehead atoms. The summed E-state index contributed by atoms with van der Waals surface area (Å²) in [6, 6.07) is 9.81. The summed E-state index contributed by atoms with van der Waals surface area (Å²) >= 11 is 0. The van der Waals surface area contributed by atoms with Crippen LogP contribution in [0.15, 0.2) is 54.4 Å². The molecule has 7 nitrogen and oxygen atoms in total. The number of quaternary nitrogens is 1. The molecule has 1 aromatic heterocycles. The predicted molar refractivity (Wildman–Crippen MR) is 113 cm³/mol. The second-order valence-electron chi connectivity index (χ2n) is 7.61. The Balaban J connectivity index is 2.07. The van der Waals surface area contributed by atoms with Crippen LogP contribution in [0.25, 0.3) is 5.76 Å². The van der Waals surface area contributed by atoms with Crippen molar-refractivity contribution in [1.82, 2.24) is 9.88 Å². The lowest BCUT2D eigenvalue weighted by atomic mass is 9.96. The Morgan fingerprint density at radius 1 is 1.20 bits per heavy atom. The monoisotopic (exact) mass is 410 g/mol. The summed E-state index contributed by atoms with van der Waals surface area (Å²) in [7, 11) is 3.97. The first-order valence-electron chi connectivity index (χ1n) is 10.1. The van der Waals surface area contributed by atoms with Crippen molar-refractivity contribution in [3.63, 3.8) is 0 Å². The fourth-order valence-electron chi connectivity index (χ4n) is 3.46. The van der Waals surface area contributed by atoms with Crippen LogP contribution in [-0.4, -0.2) is 60.5 Å². The van der Waals surface area contributed by atoms with Crippen molar-refractivity contribution in [2.75, 3.05) is 33.8 Å². The molecule has 0 saturated carbocycles. The number of hydrogen-bond acceptors (Lipinski definition) is 5. The number of pyridine rings is 1. The second kappa shape index (κ2) is 9.54. The minimum Gasteiger partial charge on any atom is -0.507 e. The maximum Gasteiger partial charge on any atom is 0.295 e. The fraction of sp³-hybridized carbons (Fsp3) is 0.348. The Morgan fingerprint density at radius 2 is 1.93 bits per heavy atom. The summed E-state index contributed by atoms with van der Waals surface area (Å²) in [6.07, 6.45) is 4.09. The van der Waals surface area contributed by atoms with Gasteiger partial charge in [-0.05, 0) is 36.2 Å². The fourth-order valence-corrected chi connectivity index (χ4v) is 3.46. The van der Waals surface area contributed by atoms with Crippen LogP contribution < -0.4 is 9.64 Å². The van der Waals surface area contributed by atoms with Crippen LogP contribution in [0.3, 0.4) is 0 Å². The summed E-state index contributed by atoms with van der Waals surface area (Å²) in [5.41, 5.74) is 1.27. The molecule has 2 heterocycles. The van der Waals surface area contributed by atoms with Gasteiger partial charge in [-0.25, -0.2) is 0 Å². The van der Waals surface area contributed by atoms with E-state index in [-0.39, 0.29) is 11.3 Å². The number of aliphatic hydroxyl groups is 1. The number of ketones is 1. The normalized spacial score (nSPS) is 18.3. The van der Waals surface area contributed by atoms with E-state index in [1.165, 1.54) is 4.90 Å². The zero-order chi connectivity index (χ0) is 21.7. The highest BCUT2D eigenvalue weighted by molar-refractivity contribution is 6.46. The molecule has 2 aromatic rings. The van der Waals surface area contributed by atoms with Gasteiger partial charge in [0, 0.05) is 18.0 Å². The lowest BCUT2D eigenvalue weighted by molar-refractivity contribution is -0.857. The van der Waals surface area contributed by atoms with Crippen molar-refractivity contribution >= 4 is 17.4 Å². The van der Waals surface area contributed by atoms with Crippen molar-refractivity contribution in [1.29, 1.82) is 0 Å². The Morgan fingerprint density at radius 3 is 2.60 bits per heavy atom. The number of rotatable bonds is 8. The molecule has 3 rings (SSSR count). The highest BCUT2D eigenvalue weighted by atomic mass is 16.5. The molecule has 1 atom stereocenters. The third-order valence-corrected chi connectivity index (χ3v) is 4.99. The number of carbonyl (C=O) groups is 2. The van der Waals surface area contributed by atoms with Gasteiger partial charge in [-0.1, -0.05) is 19.1 Å². The molecule has 30 heavy (non-hydrogen) atoms. The Labute approximate surface area is 176 Å². The highest BCUT2D eigenvalue weighted by Gasteiger charge is 2.46. The third kappa shape index (κ3) is 4.52. The van der Waals surface area contributed by atoms with Crippen LogP contribution in [0.1, 0.15) is 30.5 Å². The number of benzene rings is 1. The van der Waals surface area contributed by atoms with E-state index < -0.39 is 17.7 Å². The molecule has 0 aliphatic carbocycles. The number of hydrogen-bond donors (Lipinski definition) is 2. The van der Waals surface area contributed by atoms with E-state index in [2.05, 4.69) is 4.98 Å². The van der Waals surface area contributed by atoms with Gasteiger partial charge >= 0.3 is 0 Å². The second-order valence-corrected chi connectivity index (χ2v) is 7.61. The SMILES string of the molecule is CCCOc1cccc(C(O)=C2C(=O)C(=O)N(CC[NH+](C)C)[C@@H]2c2ccncc2)c1. The number of nitrogens with one attached hydrogen (secondary N) is 1. The molecule has 1 saturated heterocycles. The first kappa shape index (κ1) is 21.5. The van der Waals surface area contributed by atoms with Crippen LogP contribution in [0.5, 0.6) is 5.75 Å². The number of ether oxygens (including phenoxy) is 1. The van der Waals surface area contributed by atoms with Crippen LogP contribution in [-0.2, 0) is 9.59 Å². The number of nitrogens with zero attached hydrogens (tertiary/aromatic N) is 2. The average molecular weight is 410 g/mol. The van der Waals surface area contributed by atoms with Crippen LogP contribution in [0, 0.1) is 0 Å². The largest absolute Gasteiger partial charge is 0.507 e. The number of carbonyl (C=O) groups excluding carboxylic acids is 2. The standard InChI is InChI=1S/C23H27N3O4/c1-4-14-30-18-7-5-6-17(15-18)21(27)19-20(16-8-10-24-11-9-16)26(13-12-25(2)3)23(29)22(19)28/h5-11,15,20,27H,4,12-14H2,1-3H3/p+1/t20-/m1/s1. The lowest BCUT2D eigenvalue weighted by Crippen LogP contribution is -3.06. The van der Waals surface area contributed by atoms with Gasteiger partial charge in [0.1, 0.15) is 11.5 Å². The molecule has 0 radical (unpaired) electrons.